The van der Waals surface area contributed by atoms with E-state index in [0.29, 0.717) is 23.9 Å². The minimum absolute atomic E-state index is 0.121. The quantitative estimate of drug-likeness (QED) is 0.566. The summed E-state index contributed by atoms with van der Waals surface area (Å²) >= 11 is 0. The average Bonchev–Trinajstić information content (AvgIpc) is 2.58. The maximum atomic E-state index is 12.0. The Morgan fingerprint density at radius 3 is 2.65 bits per heavy atom. The topological polar surface area (TPSA) is 57.2 Å². The van der Waals surface area contributed by atoms with Crippen molar-refractivity contribution in [1.29, 1.82) is 0 Å². The highest BCUT2D eigenvalue weighted by atomic mass is 16.6. The average molecular weight is 323 g/mol. The minimum Gasteiger partial charge on any atom is -0.493 e. The summed E-state index contributed by atoms with van der Waals surface area (Å²) in [6, 6.07) is 5.19. The number of piperidine rings is 1. The fourth-order valence-electron chi connectivity index (χ4n) is 2.68. The SMILES string of the molecule is COc1ccc(OCCOC(=O)C2CCCCN2C)cc1OC. The van der Waals surface area contributed by atoms with Crippen LogP contribution >= 0.6 is 0 Å². The van der Waals surface area contributed by atoms with Crippen LogP contribution in [0.15, 0.2) is 18.2 Å². The van der Waals surface area contributed by atoms with Crippen LogP contribution in [0.1, 0.15) is 19.3 Å². The molecule has 0 aliphatic carbocycles. The van der Waals surface area contributed by atoms with Gasteiger partial charge in [0.05, 0.1) is 14.2 Å². The molecule has 128 valence electrons. The van der Waals surface area contributed by atoms with Gasteiger partial charge in [0.25, 0.3) is 0 Å². The minimum atomic E-state index is -0.164. The van der Waals surface area contributed by atoms with Crippen LogP contribution < -0.4 is 14.2 Å². The lowest BCUT2D eigenvalue weighted by Gasteiger charge is -2.30. The second-order valence-electron chi connectivity index (χ2n) is 5.52. The summed E-state index contributed by atoms with van der Waals surface area (Å²) in [5.74, 6) is 1.73. The predicted molar refractivity (Wildman–Crippen MR) is 86.3 cm³/mol. The third kappa shape index (κ3) is 4.76. The summed E-state index contributed by atoms with van der Waals surface area (Å²) in [6.45, 7) is 1.48. The van der Waals surface area contributed by atoms with Gasteiger partial charge in [-0.25, -0.2) is 0 Å². The van der Waals surface area contributed by atoms with Crippen molar-refractivity contribution >= 4 is 5.97 Å². The summed E-state index contributed by atoms with van der Waals surface area (Å²) in [5, 5.41) is 0. The highest BCUT2D eigenvalue weighted by molar-refractivity contribution is 5.75. The van der Waals surface area contributed by atoms with Gasteiger partial charge in [0.2, 0.25) is 0 Å². The Bertz CT molecular complexity index is 520. The summed E-state index contributed by atoms with van der Waals surface area (Å²) in [4.78, 5) is 14.1. The Hall–Kier alpha value is -1.95. The Kier molecular flexibility index (Phi) is 6.52. The third-order valence-corrected chi connectivity index (χ3v) is 3.99. The maximum absolute atomic E-state index is 12.0. The number of methoxy groups -OCH3 is 2. The summed E-state index contributed by atoms with van der Waals surface area (Å²) in [6.07, 6.45) is 3.08. The predicted octanol–water partition coefficient (Wildman–Crippen LogP) is 2.11. The van der Waals surface area contributed by atoms with Crippen molar-refractivity contribution in [2.45, 2.75) is 25.3 Å². The van der Waals surface area contributed by atoms with Crippen LogP contribution in [0, 0.1) is 0 Å². The number of carbonyl (C=O) groups excluding carboxylic acids is 1. The van der Waals surface area contributed by atoms with Crippen molar-refractivity contribution in [2.75, 3.05) is 41.0 Å². The maximum Gasteiger partial charge on any atom is 0.323 e. The van der Waals surface area contributed by atoms with Gasteiger partial charge in [0.1, 0.15) is 25.0 Å². The van der Waals surface area contributed by atoms with Crippen molar-refractivity contribution in [3.05, 3.63) is 18.2 Å². The molecular weight excluding hydrogens is 298 g/mol. The van der Waals surface area contributed by atoms with Gasteiger partial charge in [-0.2, -0.15) is 0 Å². The van der Waals surface area contributed by atoms with Gasteiger partial charge < -0.3 is 18.9 Å². The standard InChI is InChI=1S/C17H25NO5/c1-18-9-5-4-6-14(18)17(19)23-11-10-22-13-7-8-15(20-2)16(12-13)21-3/h7-8,12,14H,4-6,9-11H2,1-3H3. The van der Waals surface area contributed by atoms with E-state index in [4.69, 9.17) is 18.9 Å². The molecule has 0 saturated carbocycles. The lowest BCUT2D eigenvalue weighted by atomic mass is 10.0. The van der Waals surface area contributed by atoms with Crippen LogP contribution in [0.5, 0.6) is 17.2 Å². The number of likely N-dealkylation sites (N-methyl/N-ethyl adjacent to an activating group) is 1. The van der Waals surface area contributed by atoms with Gasteiger partial charge in [-0.1, -0.05) is 6.42 Å². The molecule has 6 nitrogen and oxygen atoms in total. The largest absolute Gasteiger partial charge is 0.493 e. The highest BCUT2D eigenvalue weighted by Gasteiger charge is 2.26. The molecule has 6 heteroatoms. The van der Waals surface area contributed by atoms with Gasteiger partial charge >= 0.3 is 5.97 Å². The monoisotopic (exact) mass is 323 g/mol. The second kappa shape index (κ2) is 8.62. The number of carbonyl (C=O) groups is 1. The van der Waals surface area contributed by atoms with E-state index in [1.807, 2.05) is 7.05 Å². The molecule has 1 aromatic carbocycles. The van der Waals surface area contributed by atoms with Crippen LogP contribution in [-0.2, 0) is 9.53 Å². The molecule has 0 bridgehead atoms. The van der Waals surface area contributed by atoms with Crippen molar-refractivity contribution in [3.63, 3.8) is 0 Å². The molecular formula is C17H25NO5. The number of likely N-dealkylation sites (tertiary alicyclic amines) is 1. The Morgan fingerprint density at radius 1 is 1.17 bits per heavy atom. The van der Waals surface area contributed by atoms with Crippen molar-refractivity contribution in [3.8, 4) is 17.2 Å². The molecule has 0 spiro atoms. The molecule has 0 radical (unpaired) electrons. The number of esters is 1. The molecule has 2 rings (SSSR count). The Labute approximate surface area is 137 Å². The first-order chi connectivity index (χ1) is 11.2. The first kappa shape index (κ1) is 17.4. The van der Waals surface area contributed by atoms with E-state index in [9.17, 15) is 4.79 Å². The van der Waals surface area contributed by atoms with Gasteiger partial charge in [0.15, 0.2) is 11.5 Å². The number of rotatable bonds is 7. The fourth-order valence-corrected chi connectivity index (χ4v) is 2.68. The molecule has 1 unspecified atom stereocenters. The molecule has 1 aliphatic heterocycles. The number of ether oxygens (including phenoxy) is 4. The summed E-state index contributed by atoms with van der Waals surface area (Å²) < 4.78 is 21.3. The first-order valence-electron chi connectivity index (χ1n) is 7.87. The van der Waals surface area contributed by atoms with Gasteiger partial charge in [-0.15, -0.1) is 0 Å². The van der Waals surface area contributed by atoms with E-state index >= 15 is 0 Å². The normalized spacial score (nSPS) is 18.3. The van der Waals surface area contributed by atoms with Gasteiger partial charge in [-0.3, -0.25) is 9.69 Å². The summed E-state index contributed by atoms with van der Waals surface area (Å²) in [5.41, 5.74) is 0. The Morgan fingerprint density at radius 2 is 1.96 bits per heavy atom. The van der Waals surface area contributed by atoms with Crippen LogP contribution in [0.4, 0.5) is 0 Å². The van der Waals surface area contributed by atoms with Crippen LogP contribution in [0.3, 0.4) is 0 Å². The van der Waals surface area contributed by atoms with E-state index < -0.39 is 0 Å². The van der Waals surface area contributed by atoms with E-state index in [2.05, 4.69) is 4.90 Å². The zero-order valence-corrected chi connectivity index (χ0v) is 14.0. The van der Waals surface area contributed by atoms with Crippen LogP contribution in [-0.4, -0.2) is 57.9 Å². The molecule has 1 heterocycles. The van der Waals surface area contributed by atoms with Gasteiger partial charge in [-0.05, 0) is 38.6 Å². The third-order valence-electron chi connectivity index (χ3n) is 3.99. The molecule has 1 fully saturated rings. The number of hydrogen-bond acceptors (Lipinski definition) is 6. The van der Waals surface area contributed by atoms with Crippen molar-refractivity contribution in [1.82, 2.24) is 4.90 Å². The molecule has 1 aliphatic rings. The molecule has 0 amide bonds. The smallest absolute Gasteiger partial charge is 0.323 e. The van der Waals surface area contributed by atoms with Gasteiger partial charge in [0, 0.05) is 6.07 Å². The molecule has 1 atom stereocenters. The van der Waals surface area contributed by atoms with Crippen LogP contribution in [0.2, 0.25) is 0 Å². The first-order valence-corrected chi connectivity index (χ1v) is 7.87. The van der Waals surface area contributed by atoms with Crippen LogP contribution in [0.25, 0.3) is 0 Å². The zero-order chi connectivity index (χ0) is 16.7. The van der Waals surface area contributed by atoms with Crippen molar-refractivity contribution in [2.24, 2.45) is 0 Å². The molecule has 0 N–H and O–H groups in total. The number of benzene rings is 1. The van der Waals surface area contributed by atoms with E-state index in [1.165, 1.54) is 0 Å². The van der Waals surface area contributed by atoms with E-state index in [1.54, 1.807) is 32.4 Å². The molecule has 0 aromatic heterocycles. The highest BCUT2D eigenvalue weighted by Crippen LogP contribution is 2.30. The van der Waals surface area contributed by atoms with Crippen molar-refractivity contribution < 1.29 is 23.7 Å². The lowest BCUT2D eigenvalue weighted by Crippen LogP contribution is -2.43. The van der Waals surface area contributed by atoms with E-state index in [-0.39, 0.29) is 18.6 Å². The second-order valence-corrected chi connectivity index (χ2v) is 5.52. The summed E-state index contributed by atoms with van der Waals surface area (Å²) in [7, 11) is 5.12. The number of nitrogens with zero attached hydrogens (tertiary/aromatic N) is 1. The Balaban J connectivity index is 1.75. The van der Waals surface area contributed by atoms with E-state index in [0.717, 1.165) is 25.8 Å². The molecule has 1 aromatic rings. The fraction of sp³-hybridized carbons (Fsp3) is 0.588. The zero-order valence-electron chi connectivity index (χ0n) is 14.0. The lowest BCUT2D eigenvalue weighted by molar-refractivity contribution is -0.151. The molecule has 23 heavy (non-hydrogen) atoms. The molecule has 1 saturated heterocycles. The number of hydrogen-bond donors (Lipinski definition) is 0.